The lowest BCUT2D eigenvalue weighted by atomic mass is 10.1. The SMILES string of the molecule is CC(Oc1ccccc1)C(=O)Nc1cccc(-c2csc(-c3ccccc3)n2)c1. The second-order valence-electron chi connectivity index (χ2n) is 6.55. The first-order valence-corrected chi connectivity index (χ1v) is 10.2. The summed E-state index contributed by atoms with van der Waals surface area (Å²) in [7, 11) is 0. The van der Waals surface area contributed by atoms with Crippen LogP contribution < -0.4 is 10.1 Å². The highest BCUT2D eigenvalue weighted by Crippen LogP contribution is 2.29. The molecule has 1 N–H and O–H groups in total. The van der Waals surface area contributed by atoms with Crippen molar-refractivity contribution in [3.8, 4) is 27.6 Å². The largest absolute Gasteiger partial charge is 0.481 e. The summed E-state index contributed by atoms with van der Waals surface area (Å²) in [5.41, 5.74) is 3.65. The third kappa shape index (κ3) is 4.70. The van der Waals surface area contributed by atoms with Gasteiger partial charge in [0, 0.05) is 22.2 Å². The molecule has 4 rings (SSSR count). The van der Waals surface area contributed by atoms with Gasteiger partial charge in [-0.1, -0.05) is 60.7 Å². The van der Waals surface area contributed by atoms with E-state index in [4.69, 9.17) is 9.72 Å². The Morgan fingerprint density at radius 1 is 0.931 bits per heavy atom. The summed E-state index contributed by atoms with van der Waals surface area (Å²) in [5.74, 6) is 0.467. The quantitative estimate of drug-likeness (QED) is 0.439. The van der Waals surface area contributed by atoms with E-state index in [-0.39, 0.29) is 5.91 Å². The van der Waals surface area contributed by atoms with Crippen LogP contribution >= 0.6 is 11.3 Å². The van der Waals surface area contributed by atoms with Crippen LogP contribution in [0.4, 0.5) is 5.69 Å². The van der Waals surface area contributed by atoms with Crippen molar-refractivity contribution in [3.63, 3.8) is 0 Å². The summed E-state index contributed by atoms with van der Waals surface area (Å²) in [4.78, 5) is 17.2. The molecule has 0 saturated carbocycles. The molecule has 1 heterocycles. The molecule has 0 spiro atoms. The lowest BCUT2D eigenvalue weighted by Crippen LogP contribution is -2.30. The highest BCUT2D eigenvalue weighted by Gasteiger charge is 2.15. The van der Waals surface area contributed by atoms with Gasteiger partial charge in [-0.15, -0.1) is 11.3 Å². The van der Waals surface area contributed by atoms with E-state index in [0.717, 1.165) is 21.8 Å². The van der Waals surface area contributed by atoms with E-state index >= 15 is 0 Å². The van der Waals surface area contributed by atoms with Crippen molar-refractivity contribution in [2.24, 2.45) is 0 Å². The Labute approximate surface area is 173 Å². The van der Waals surface area contributed by atoms with Crippen LogP contribution in [0.3, 0.4) is 0 Å². The number of hydrogen-bond donors (Lipinski definition) is 1. The molecule has 0 fully saturated rings. The minimum absolute atomic E-state index is 0.200. The fourth-order valence-electron chi connectivity index (χ4n) is 2.88. The zero-order valence-corrected chi connectivity index (χ0v) is 16.7. The Kier molecular flexibility index (Phi) is 5.68. The van der Waals surface area contributed by atoms with Crippen LogP contribution in [0.1, 0.15) is 6.92 Å². The summed E-state index contributed by atoms with van der Waals surface area (Å²) < 4.78 is 5.69. The minimum atomic E-state index is -0.606. The molecule has 4 nitrogen and oxygen atoms in total. The smallest absolute Gasteiger partial charge is 0.265 e. The van der Waals surface area contributed by atoms with Gasteiger partial charge in [-0.05, 0) is 31.2 Å². The first kappa shape index (κ1) is 18.9. The van der Waals surface area contributed by atoms with Crippen LogP contribution in [0.2, 0.25) is 0 Å². The first-order valence-electron chi connectivity index (χ1n) is 9.33. The molecule has 0 radical (unpaired) electrons. The Balaban J connectivity index is 1.46. The predicted octanol–water partition coefficient (Wildman–Crippen LogP) is 5.88. The number of benzene rings is 3. The molecule has 0 aliphatic carbocycles. The van der Waals surface area contributed by atoms with Gasteiger partial charge >= 0.3 is 0 Å². The van der Waals surface area contributed by atoms with Crippen molar-refractivity contribution >= 4 is 22.9 Å². The molecular formula is C24H20N2O2S. The fraction of sp³-hybridized carbons (Fsp3) is 0.0833. The van der Waals surface area contributed by atoms with Gasteiger partial charge in [0.05, 0.1) is 5.69 Å². The maximum absolute atomic E-state index is 12.5. The van der Waals surface area contributed by atoms with E-state index < -0.39 is 6.10 Å². The second-order valence-corrected chi connectivity index (χ2v) is 7.41. The van der Waals surface area contributed by atoms with E-state index in [0.29, 0.717) is 11.4 Å². The molecule has 0 aliphatic rings. The number of carbonyl (C=O) groups excluding carboxylic acids is 1. The van der Waals surface area contributed by atoms with Crippen molar-refractivity contribution < 1.29 is 9.53 Å². The number of anilines is 1. The standard InChI is InChI=1S/C24H20N2O2S/c1-17(28-21-13-6-3-7-14-21)23(27)25-20-12-8-11-19(15-20)22-16-29-24(26-22)18-9-4-2-5-10-18/h2-17H,1H3,(H,25,27). The second kappa shape index (κ2) is 8.71. The van der Waals surface area contributed by atoms with E-state index in [1.807, 2.05) is 90.3 Å². The van der Waals surface area contributed by atoms with Gasteiger partial charge in [-0.2, -0.15) is 0 Å². The van der Waals surface area contributed by atoms with Crippen molar-refractivity contribution in [1.29, 1.82) is 0 Å². The molecule has 29 heavy (non-hydrogen) atoms. The molecule has 144 valence electrons. The van der Waals surface area contributed by atoms with Crippen LogP contribution in [0.15, 0.2) is 90.3 Å². The van der Waals surface area contributed by atoms with Gasteiger partial charge in [0.15, 0.2) is 6.10 Å². The molecule has 4 aromatic rings. The zero-order valence-electron chi connectivity index (χ0n) is 15.9. The number of aromatic nitrogens is 1. The number of hydrogen-bond acceptors (Lipinski definition) is 4. The number of amides is 1. The molecule has 1 aromatic heterocycles. The average Bonchev–Trinajstić information content (AvgIpc) is 3.26. The Hall–Kier alpha value is -3.44. The molecule has 5 heteroatoms. The molecule has 1 amide bonds. The van der Waals surface area contributed by atoms with Gasteiger partial charge in [-0.25, -0.2) is 4.98 Å². The van der Waals surface area contributed by atoms with E-state index in [9.17, 15) is 4.79 Å². The topological polar surface area (TPSA) is 51.2 Å². The molecule has 1 unspecified atom stereocenters. The zero-order chi connectivity index (χ0) is 20.1. The summed E-state index contributed by atoms with van der Waals surface area (Å²) in [5, 5.41) is 5.93. The van der Waals surface area contributed by atoms with E-state index in [1.165, 1.54) is 0 Å². The predicted molar refractivity (Wildman–Crippen MR) is 118 cm³/mol. The number of nitrogens with one attached hydrogen (secondary N) is 1. The molecular weight excluding hydrogens is 380 g/mol. The van der Waals surface area contributed by atoms with Crippen LogP contribution in [0.25, 0.3) is 21.8 Å². The Morgan fingerprint density at radius 2 is 1.62 bits per heavy atom. The average molecular weight is 401 g/mol. The van der Waals surface area contributed by atoms with Gasteiger partial charge < -0.3 is 10.1 Å². The lowest BCUT2D eigenvalue weighted by molar-refractivity contribution is -0.122. The number of thiazole rings is 1. The lowest BCUT2D eigenvalue weighted by Gasteiger charge is -2.15. The maximum atomic E-state index is 12.5. The Bertz CT molecular complexity index is 1090. The summed E-state index contributed by atoms with van der Waals surface area (Å²) in [6, 6.07) is 27.1. The normalized spacial score (nSPS) is 11.6. The van der Waals surface area contributed by atoms with Crippen LogP contribution in [-0.4, -0.2) is 17.0 Å². The number of rotatable bonds is 6. The molecule has 3 aromatic carbocycles. The van der Waals surface area contributed by atoms with Crippen LogP contribution in [-0.2, 0) is 4.79 Å². The van der Waals surface area contributed by atoms with Crippen molar-refractivity contribution in [3.05, 3.63) is 90.3 Å². The van der Waals surface area contributed by atoms with Gasteiger partial charge in [0.2, 0.25) is 0 Å². The molecule has 1 atom stereocenters. The van der Waals surface area contributed by atoms with E-state index in [2.05, 4.69) is 5.32 Å². The van der Waals surface area contributed by atoms with Gasteiger partial charge in [0.1, 0.15) is 10.8 Å². The van der Waals surface area contributed by atoms with Crippen molar-refractivity contribution in [2.45, 2.75) is 13.0 Å². The third-order valence-electron chi connectivity index (χ3n) is 4.38. The molecule has 0 aliphatic heterocycles. The number of para-hydroxylation sites is 1. The number of nitrogens with zero attached hydrogens (tertiary/aromatic N) is 1. The maximum Gasteiger partial charge on any atom is 0.265 e. The van der Waals surface area contributed by atoms with Crippen molar-refractivity contribution in [2.75, 3.05) is 5.32 Å². The van der Waals surface area contributed by atoms with Crippen LogP contribution in [0.5, 0.6) is 5.75 Å². The highest BCUT2D eigenvalue weighted by atomic mass is 32.1. The van der Waals surface area contributed by atoms with Gasteiger partial charge in [-0.3, -0.25) is 4.79 Å². The van der Waals surface area contributed by atoms with Crippen molar-refractivity contribution in [1.82, 2.24) is 4.98 Å². The minimum Gasteiger partial charge on any atom is -0.481 e. The fourth-order valence-corrected chi connectivity index (χ4v) is 3.71. The summed E-state index contributed by atoms with van der Waals surface area (Å²) in [6.45, 7) is 1.73. The Morgan fingerprint density at radius 3 is 2.38 bits per heavy atom. The highest BCUT2D eigenvalue weighted by molar-refractivity contribution is 7.13. The third-order valence-corrected chi connectivity index (χ3v) is 5.27. The monoisotopic (exact) mass is 400 g/mol. The summed E-state index contributed by atoms with van der Waals surface area (Å²) >= 11 is 1.60. The van der Waals surface area contributed by atoms with E-state index in [1.54, 1.807) is 18.3 Å². The molecule has 0 bridgehead atoms. The van der Waals surface area contributed by atoms with Gasteiger partial charge in [0.25, 0.3) is 5.91 Å². The van der Waals surface area contributed by atoms with Crippen LogP contribution in [0, 0.1) is 0 Å². The number of carbonyl (C=O) groups is 1. The summed E-state index contributed by atoms with van der Waals surface area (Å²) in [6.07, 6.45) is -0.606. The number of ether oxygens (including phenoxy) is 1. The molecule has 0 saturated heterocycles. The first-order chi connectivity index (χ1) is 14.2.